The molecule has 0 bridgehead atoms. The summed E-state index contributed by atoms with van der Waals surface area (Å²) in [5.74, 6) is 0.518. The first-order valence-electron chi connectivity index (χ1n) is 6.27. The Balaban J connectivity index is 1.85. The lowest BCUT2D eigenvalue weighted by atomic mass is 10.1. The van der Waals surface area contributed by atoms with Crippen LogP contribution in [-0.2, 0) is 4.74 Å². The van der Waals surface area contributed by atoms with Crippen molar-refractivity contribution in [1.82, 2.24) is 10.2 Å². The van der Waals surface area contributed by atoms with Gasteiger partial charge in [0.1, 0.15) is 0 Å². The number of rotatable bonds is 2. The minimum absolute atomic E-state index is 0.518. The Morgan fingerprint density at radius 1 is 1.21 bits per heavy atom. The number of aromatic nitrogens is 2. The van der Waals surface area contributed by atoms with Crippen molar-refractivity contribution in [2.75, 3.05) is 36.9 Å². The molecule has 1 saturated heterocycles. The first kappa shape index (κ1) is 12.0. The summed E-state index contributed by atoms with van der Waals surface area (Å²) in [7, 11) is 0. The van der Waals surface area contributed by atoms with Crippen molar-refractivity contribution < 1.29 is 9.15 Å². The van der Waals surface area contributed by atoms with Gasteiger partial charge >= 0.3 is 6.01 Å². The van der Waals surface area contributed by atoms with Gasteiger partial charge in [-0.3, -0.25) is 0 Å². The van der Waals surface area contributed by atoms with Crippen molar-refractivity contribution >= 4 is 11.7 Å². The average molecular weight is 260 g/mol. The number of aryl methyl sites for hydroxylation is 1. The predicted octanol–water partition coefficient (Wildman–Crippen LogP) is 1.46. The number of nitrogen functional groups attached to an aromatic ring is 1. The van der Waals surface area contributed by atoms with E-state index in [0.717, 1.165) is 29.9 Å². The van der Waals surface area contributed by atoms with Crippen LogP contribution in [0.15, 0.2) is 22.6 Å². The quantitative estimate of drug-likeness (QED) is 0.824. The van der Waals surface area contributed by atoms with Crippen molar-refractivity contribution in [3.05, 3.63) is 23.8 Å². The smallest absolute Gasteiger partial charge is 0.318 e. The third kappa shape index (κ3) is 2.39. The van der Waals surface area contributed by atoms with Crippen LogP contribution >= 0.6 is 0 Å². The molecule has 0 unspecified atom stereocenters. The second kappa shape index (κ2) is 4.89. The van der Waals surface area contributed by atoms with Gasteiger partial charge in [-0.05, 0) is 30.7 Å². The van der Waals surface area contributed by atoms with Crippen molar-refractivity contribution in [2.24, 2.45) is 0 Å². The number of benzene rings is 1. The van der Waals surface area contributed by atoms with Gasteiger partial charge in [-0.1, -0.05) is 5.10 Å². The monoisotopic (exact) mass is 260 g/mol. The molecule has 19 heavy (non-hydrogen) atoms. The summed E-state index contributed by atoms with van der Waals surface area (Å²) in [6, 6.07) is 6.24. The largest absolute Gasteiger partial charge is 0.403 e. The molecule has 1 aromatic heterocycles. The van der Waals surface area contributed by atoms with E-state index in [1.54, 1.807) is 0 Å². The summed E-state index contributed by atoms with van der Waals surface area (Å²) in [5.41, 5.74) is 8.45. The van der Waals surface area contributed by atoms with Crippen LogP contribution in [0.4, 0.5) is 11.7 Å². The summed E-state index contributed by atoms with van der Waals surface area (Å²) < 4.78 is 11.0. The zero-order chi connectivity index (χ0) is 13.2. The Morgan fingerprint density at radius 3 is 2.74 bits per heavy atom. The molecule has 1 aromatic carbocycles. The molecule has 0 radical (unpaired) electrons. The maximum absolute atomic E-state index is 5.80. The highest BCUT2D eigenvalue weighted by atomic mass is 16.5. The minimum Gasteiger partial charge on any atom is -0.403 e. The lowest BCUT2D eigenvalue weighted by Crippen LogP contribution is -2.36. The van der Waals surface area contributed by atoms with Crippen LogP contribution in [0.1, 0.15) is 5.56 Å². The van der Waals surface area contributed by atoms with E-state index in [1.807, 2.05) is 30.0 Å². The maximum Gasteiger partial charge on any atom is 0.318 e. The standard InChI is InChI=1S/C13H16N4O2/c1-9-8-10(2-3-11(9)14)12-15-16-13(19-12)17-4-6-18-7-5-17/h2-3,8H,4-7,14H2,1H3. The fourth-order valence-electron chi connectivity index (χ4n) is 2.02. The first-order chi connectivity index (χ1) is 9.24. The first-order valence-corrected chi connectivity index (χ1v) is 6.27. The Bertz CT molecular complexity index is 576. The van der Waals surface area contributed by atoms with Gasteiger partial charge in [0.2, 0.25) is 5.89 Å². The molecule has 2 N–H and O–H groups in total. The van der Waals surface area contributed by atoms with Crippen LogP contribution in [0.25, 0.3) is 11.5 Å². The topological polar surface area (TPSA) is 77.4 Å². The van der Waals surface area contributed by atoms with Crippen molar-refractivity contribution in [3.8, 4) is 11.5 Å². The molecule has 100 valence electrons. The minimum atomic E-state index is 0.518. The molecule has 1 aliphatic rings. The molecule has 0 aliphatic carbocycles. The maximum atomic E-state index is 5.80. The van der Waals surface area contributed by atoms with Gasteiger partial charge in [0.15, 0.2) is 0 Å². The van der Waals surface area contributed by atoms with Gasteiger partial charge in [-0.25, -0.2) is 0 Å². The van der Waals surface area contributed by atoms with E-state index in [9.17, 15) is 0 Å². The zero-order valence-electron chi connectivity index (χ0n) is 10.8. The molecule has 1 aliphatic heterocycles. The van der Waals surface area contributed by atoms with E-state index in [0.29, 0.717) is 25.1 Å². The fraction of sp³-hybridized carbons (Fsp3) is 0.385. The van der Waals surface area contributed by atoms with Gasteiger partial charge in [0.05, 0.1) is 13.2 Å². The average Bonchev–Trinajstić information content (AvgIpc) is 2.93. The number of hydrogen-bond donors (Lipinski definition) is 1. The van der Waals surface area contributed by atoms with Crippen LogP contribution in [-0.4, -0.2) is 36.5 Å². The Labute approximate surface area is 111 Å². The number of anilines is 2. The van der Waals surface area contributed by atoms with E-state index in [2.05, 4.69) is 10.2 Å². The third-order valence-corrected chi connectivity index (χ3v) is 3.21. The Kier molecular flexibility index (Phi) is 3.08. The zero-order valence-corrected chi connectivity index (χ0v) is 10.8. The SMILES string of the molecule is Cc1cc(-c2nnc(N3CCOCC3)o2)ccc1N. The van der Waals surface area contributed by atoms with Gasteiger partial charge in [0, 0.05) is 24.3 Å². The number of morpholine rings is 1. The van der Waals surface area contributed by atoms with Gasteiger partial charge in [-0.2, -0.15) is 0 Å². The summed E-state index contributed by atoms with van der Waals surface area (Å²) in [6.45, 7) is 4.90. The second-order valence-electron chi connectivity index (χ2n) is 4.56. The molecule has 6 heteroatoms. The Hall–Kier alpha value is -2.08. The van der Waals surface area contributed by atoms with Crippen LogP contribution in [0.5, 0.6) is 0 Å². The molecule has 2 heterocycles. The lowest BCUT2D eigenvalue weighted by molar-refractivity contribution is 0.120. The van der Waals surface area contributed by atoms with Crippen molar-refractivity contribution in [1.29, 1.82) is 0 Å². The summed E-state index contributed by atoms with van der Waals surface area (Å²) in [4.78, 5) is 2.03. The molecule has 0 atom stereocenters. The third-order valence-electron chi connectivity index (χ3n) is 3.21. The van der Waals surface area contributed by atoms with Gasteiger partial charge in [-0.15, -0.1) is 5.10 Å². The highest BCUT2D eigenvalue weighted by Crippen LogP contribution is 2.25. The van der Waals surface area contributed by atoms with E-state index < -0.39 is 0 Å². The van der Waals surface area contributed by atoms with E-state index >= 15 is 0 Å². The fourth-order valence-corrected chi connectivity index (χ4v) is 2.02. The highest BCUT2D eigenvalue weighted by Gasteiger charge is 2.18. The molecule has 0 amide bonds. The summed E-state index contributed by atoms with van der Waals surface area (Å²) in [6.07, 6.45) is 0. The van der Waals surface area contributed by atoms with E-state index in [1.165, 1.54) is 0 Å². The molecule has 0 saturated carbocycles. The molecule has 1 fully saturated rings. The number of nitrogens with zero attached hydrogens (tertiary/aromatic N) is 3. The highest BCUT2D eigenvalue weighted by molar-refractivity contribution is 5.61. The van der Waals surface area contributed by atoms with E-state index in [-0.39, 0.29) is 0 Å². The van der Waals surface area contributed by atoms with Crippen molar-refractivity contribution in [3.63, 3.8) is 0 Å². The summed E-state index contributed by atoms with van der Waals surface area (Å²) >= 11 is 0. The number of nitrogens with two attached hydrogens (primary N) is 1. The van der Waals surface area contributed by atoms with Crippen LogP contribution in [0.3, 0.4) is 0 Å². The van der Waals surface area contributed by atoms with Gasteiger partial charge in [0.25, 0.3) is 0 Å². The molecule has 2 aromatic rings. The number of ether oxygens (including phenoxy) is 1. The van der Waals surface area contributed by atoms with Crippen LogP contribution in [0, 0.1) is 6.92 Å². The molecule has 6 nitrogen and oxygen atoms in total. The second-order valence-corrected chi connectivity index (χ2v) is 4.56. The summed E-state index contributed by atoms with van der Waals surface area (Å²) in [5, 5.41) is 8.18. The van der Waals surface area contributed by atoms with Crippen LogP contribution in [0.2, 0.25) is 0 Å². The number of hydrogen-bond acceptors (Lipinski definition) is 6. The lowest BCUT2D eigenvalue weighted by Gasteiger charge is -2.24. The van der Waals surface area contributed by atoms with Crippen molar-refractivity contribution in [2.45, 2.75) is 6.92 Å². The normalized spacial score (nSPS) is 15.7. The van der Waals surface area contributed by atoms with Crippen LogP contribution < -0.4 is 10.6 Å². The molecule has 3 rings (SSSR count). The van der Waals surface area contributed by atoms with E-state index in [4.69, 9.17) is 14.9 Å². The molecular weight excluding hydrogens is 244 g/mol. The molecular formula is C13H16N4O2. The predicted molar refractivity (Wildman–Crippen MR) is 71.9 cm³/mol. The van der Waals surface area contributed by atoms with Gasteiger partial charge < -0.3 is 19.8 Å². The Morgan fingerprint density at radius 2 is 2.00 bits per heavy atom. The molecule has 0 spiro atoms.